The number of piperazine rings is 1. The number of carbonyl (C=O) groups excluding carboxylic acids is 1. The summed E-state index contributed by atoms with van der Waals surface area (Å²) >= 11 is 0. The van der Waals surface area contributed by atoms with Crippen LogP contribution in [0.3, 0.4) is 0 Å². The van der Waals surface area contributed by atoms with Gasteiger partial charge in [-0.3, -0.25) is 9.69 Å². The van der Waals surface area contributed by atoms with Gasteiger partial charge < -0.3 is 18.6 Å². The highest BCUT2D eigenvalue weighted by atomic mass is 16.5. The predicted octanol–water partition coefficient (Wildman–Crippen LogP) is 1.97. The van der Waals surface area contributed by atoms with E-state index in [0.717, 1.165) is 39.1 Å². The number of morpholine rings is 1. The van der Waals surface area contributed by atoms with Crippen LogP contribution in [0.1, 0.15) is 32.1 Å². The molecule has 2 aromatic rings. The van der Waals surface area contributed by atoms with Gasteiger partial charge in [0, 0.05) is 38.5 Å². The van der Waals surface area contributed by atoms with E-state index >= 15 is 0 Å². The first kappa shape index (κ1) is 18.2. The number of hydrogen-bond acceptors (Lipinski definition) is 7. The fourth-order valence-corrected chi connectivity index (χ4v) is 3.98. The molecule has 0 aliphatic carbocycles. The maximum atomic E-state index is 12.6. The van der Waals surface area contributed by atoms with E-state index in [1.54, 1.807) is 18.4 Å². The number of carbonyl (C=O) groups is 1. The minimum atomic E-state index is 0.130. The second-order valence-electron chi connectivity index (χ2n) is 7.20. The van der Waals surface area contributed by atoms with E-state index in [1.807, 2.05) is 4.90 Å². The molecule has 4 rings (SSSR count). The quantitative estimate of drug-likeness (QED) is 0.764. The van der Waals surface area contributed by atoms with Gasteiger partial charge in [-0.05, 0) is 18.6 Å². The average molecular weight is 374 g/mol. The molecule has 0 N–H and O–H groups in total. The van der Waals surface area contributed by atoms with Crippen LogP contribution in [0.2, 0.25) is 0 Å². The SMILES string of the molecule is CCC[C@H]1COC[C@H]2CN(C(=O)CCc3nc(-c4ccco4)no3)CCN12. The third-order valence-electron chi connectivity index (χ3n) is 5.35. The van der Waals surface area contributed by atoms with Crippen molar-refractivity contribution in [2.24, 2.45) is 0 Å². The second kappa shape index (κ2) is 8.22. The van der Waals surface area contributed by atoms with Crippen molar-refractivity contribution in [3.63, 3.8) is 0 Å². The maximum absolute atomic E-state index is 12.6. The van der Waals surface area contributed by atoms with Crippen molar-refractivity contribution in [1.82, 2.24) is 19.9 Å². The van der Waals surface area contributed by atoms with Gasteiger partial charge in [0.15, 0.2) is 5.76 Å². The van der Waals surface area contributed by atoms with Crippen molar-refractivity contribution in [2.75, 3.05) is 32.8 Å². The monoisotopic (exact) mass is 374 g/mol. The van der Waals surface area contributed by atoms with E-state index in [2.05, 4.69) is 22.0 Å². The summed E-state index contributed by atoms with van der Waals surface area (Å²) in [5.41, 5.74) is 0. The molecule has 0 bridgehead atoms. The van der Waals surface area contributed by atoms with Crippen molar-refractivity contribution < 1.29 is 18.5 Å². The second-order valence-corrected chi connectivity index (χ2v) is 7.20. The molecule has 8 nitrogen and oxygen atoms in total. The Balaban J connectivity index is 1.29. The lowest BCUT2D eigenvalue weighted by molar-refractivity contribution is -0.140. The van der Waals surface area contributed by atoms with Crippen LogP contribution in [0, 0.1) is 0 Å². The third-order valence-corrected chi connectivity index (χ3v) is 5.35. The molecule has 0 unspecified atom stereocenters. The largest absolute Gasteiger partial charge is 0.461 e. The van der Waals surface area contributed by atoms with Gasteiger partial charge in [-0.15, -0.1) is 0 Å². The normalized spacial score (nSPS) is 23.4. The molecule has 0 spiro atoms. The highest BCUT2D eigenvalue weighted by Gasteiger charge is 2.36. The van der Waals surface area contributed by atoms with Gasteiger partial charge in [-0.25, -0.2) is 0 Å². The molecule has 1 amide bonds. The Labute approximate surface area is 158 Å². The Morgan fingerprint density at radius 3 is 3.07 bits per heavy atom. The lowest BCUT2D eigenvalue weighted by Gasteiger charge is -2.48. The van der Waals surface area contributed by atoms with Crippen LogP contribution < -0.4 is 0 Å². The zero-order valence-electron chi connectivity index (χ0n) is 15.7. The standard InChI is InChI=1S/C19H26N4O4/c1-2-4-14-12-25-13-15-11-22(8-9-23(14)15)18(24)7-6-17-20-19(21-27-17)16-5-3-10-26-16/h3,5,10,14-15H,2,4,6-9,11-13H2,1H3/t14-,15+/m0/s1. The van der Waals surface area contributed by atoms with Crippen LogP contribution >= 0.6 is 0 Å². The summed E-state index contributed by atoms with van der Waals surface area (Å²) in [5.74, 6) is 1.56. The van der Waals surface area contributed by atoms with Crippen LogP contribution in [-0.2, 0) is 16.0 Å². The molecule has 0 aromatic carbocycles. The molecule has 2 atom stereocenters. The number of aryl methyl sites for hydroxylation is 1. The molecule has 27 heavy (non-hydrogen) atoms. The number of ether oxygens (including phenoxy) is 1. The fourth-order valence-electron chi connectivity index (χ4n) is 3.98. The molecule has 2 aliphatic heterocycles. The number of amides is 1. The molecule has 4 heterocycles. The highest BCUT2D eigenvalue weighted by Crippen LogP contribution is 2.22. The van der Waals surface area contributed by atoms with Crippen LogP contribution in [0.15, 0.2) is 27.3 Å². The van der Waals surface area contributed by atoms with Crippen molar-refractivity contribution in [3.05, 3.63) is 24.3 Å². The van der Waals surface area contributed by atoms with Crippen molar-refractivity contribution in [1.29, 1.82) is 0 Å². The zero-order chi connectivity index (χ0) is 18.6. The summed E-state index contributed by atoms with van der Waals surface area (Å²) < 4.78 is 16.3. The summed E-state index contributed by atoms with van der Waals surface area (Å²) in [4.78, 5) is 21.4. The first-order valence-electron chi connectivity index (χ1n) is 9.72. The summed E-state index contributed by atoms with van der Waals surface area (Å²) in [6, 6.07) is 4.35. The van der Waals surface area contributed by atoms with E-state index < -0.39 is 0 Å². The van der Waals surface area contributed by atoms with E-state index in [1.165, 1.54) is 0 Å². The van der Waals surface area contributed by atoms with Crippen LogP contribution in [-0.4, -0.2) is 70.8 Å². The number of nitrogens with zero attached hydrogens (tertiary/aromatic N) is 4. The Kier molecular flexibility index (Phi) is 5.54. The molecule has 0 radical (unpaired) electrons. The van der Waals surface area contributed by atoms with Gasteiger partial charge in [-0.2, -0.15) is 4.98 Å². The topological polar surface area (TPSA) is 84.8 Å². The first-order valence-corrected chi connectivity index (χ1v) is 9.72. The molecule has 2 saturated heterocycles. The van der Waals surface area contributed by atoms with Gasteiger partial charge in [0.05, 0.1) is 25.5 Å². The first-order chi connectivity index (χ1) is 13.2. The summed E-state index contributed by atoms with van der Waals surface area (Å²) in [6.07, 6.45) is 4.68. The van der Waals surface area contributed by atoms with Gasteiger partial charge in [0.2, 0.25) is 17.6 Å². The van der Waals surface area contributed by atoms with Crippen LogP contribution in [0.5, 0.6) is 0 Å². The van der Waals surface area contributed by atoms with Crippen LogP contribution in [0.25, 0.3) is 11.6 Å². The number of fused-ring (bicyclic) bond motifs is 1. The molecule has 2 fully saturated rings. The van der Waals surface area contributed by atoms with Gasteiger partial charge >= 0.3 is 0 Å². The molecule has 2 aromatic heterocycles. The molecular formula is C19H26N4O4. The maximum Gasteiger partial charge on any atom is 0.238 e. The smallest absolute Gasteiger partial charge is 0.238 e. The molecule has 2 aliphatic rings. The van der Waals surface area contributed by atoms with Crippen molar-refractivity contribution in [2.45, 2.75) is 44.7 Å². The van der Waals surface area contributed by atoms with E-state index in [-0.39, 0.29) is 5.91 Å². The lowest BCUT2D eigenvalue weighted by Crippen LogP contribution is -2.62. The van der Waals surface area contributed by atoms with Gasteiger partial charge in [0.25, 0.3) is 0 Å². The van der Waals surface area contributed by atoms with Crippen molar-refractivity contribution in [3.8, 4) is 11.6 Å². The summed E-state index contributed by atoms with van der Waals surface area (Å²) in [6.45, 7) is 6.16. The molecule has 146 valence electrons. The summed E-state index contributed by atoms with van der Waals surface area (Å²) in [7, 11) is 0. The average Bonchev–Trinajstić information content (AvgIpc) is 3.38. The Hall–Kier alpha value is -2.19. The molecule has 8 heteroatoms. The molecule has 0 saturated carbocycles. The Morgan fingerprint density at radius 1 is 1.33 bits per heavy atom. The summed E-state index contributed by atoms with van der Waals surface area (Å²) in [5, 5.41) is 3.90. The predicted molar refractivity (Wildman–Crippen MR) is 96.9 cm³/mol. The number of furan rings is 1. The number of rotatable bonds is 6. The molecular weight excluding hydrogens is 348 g/mol. The van der Waals surface area contributed by atoms with Gasteiger partial charge in [-0.1, -0.05) is 18.5 Å². The number of aromatic nitrogens is 2. The minimum absolute atomic E-state index is 0.130. The van der Waals surface area contributed by atoms with E-state index in [0.29, 0.717) is 49.0 Å². The Morgan fingerprint density at radius 2 is 2.26 bits per heavy atom. The minimum Gasteiger partial charge on any atom is -0.461 e. The fraction of sp³-hybridized carbons (Fsp3) is 0.632. The van der Waals surface area contributed by atoms with E-state index in [9.17, 15) is 4.79 Å². The third kappa shape index (κ3) is 4.06. The highest BCUT2D eigenvalue weighted by molar-refractivity contribution is 5.76. The van der Waals surface area contributed by atoms with E-state index in [4.69, 9.17) is 13.7 Å². The number of hydrogen-bond donors (Lipinski definition) is 0. The van der Waals surface area contributed by atoms with Crippen LogP contribution in [0.4, 0.5) is 0 Å². The van der Waals surface area contributed by atoms with Crippen molar-refractivity contribution >= 4 is 5.91 Å². The zero-order valence-corrected chi connectivity index (χ0v) is 15.7. The van der Waals surface area contributed by atoms with Gasteiger partial charge in [0.1, 0.15) is 0 Å². The lowest BCUT2D eigenvalue weighted by atomic mass is 10.0. The Bertz CT molecular complexity index is 743.